The van der Waals surface area contributed by atoms with Crippen LogP contribution in [0.4, 0.5) is 4.39 Å². The number of fused-ring (bicyclic) bond motifs is 1. The zero-order valence-electron chi connectivity index (χ0n) is 12.7. The summed E-state index contributed by atoms with van der Waals surface area (Å²) in [6.07, 6.45) is 13.9. The first kappa shape index (κ1) is 13.8. The maximum Gasteiger partial charge on any atom is 0.125 e. The van der Waals surface area contributed by atoms with E-state index in [2.05, 4.69) is 28.1 Å². The van der Waals surface area contributed by atoms with E-state index in [0.717, 1.165) is 30.4 Å². The van der Waals surface area contributed by atoms with E-state index < -0.39 is 0 Å². The summed E-state index contributed by atoms with van der Waals surface area (Å²) in [5.74, 6) is -0.186. The molecule has 1 unspecified atom stereocenters. The summed E-state index contributed by atoms with van der Waals surface area (Å²) in [5, 5.41) is 1.12. The fourth-order valence-corrected chi connectivity index (χ4v) is 3.69. The fraction of sp³-hybridized carbons (Fsp3) is 0.368. The summed E-state index contributed by atoms with van der Waals surface area (Å²) >= 11 is 0. The van der Waals surface area contributed by atoms with Crippen molar-refractivity contribution in [3.63, 3.8) is 0 Å². The number of allylic oxidation sites excluding steroid dienone is 1. The predicted octanol–water partition coefficient (Wildman–Crippen LogP) is 4.50. The Balaban J connectivity index is 1.57. The Hall–Kier alpha value is -1.87. The van der Waals surface area contributed by atoms with E-state index in [-0.39, 0.29) is 5.82 Å². The Morgan fingerprint density at radius 1 is 1.27 bits per heavy atom. The van der Waals surface area contributed by atoms with Crippen LogP contribution in [0, 0.1) is 5.82 Å². The van der Waals surface area contributed by atoms with Gasteiger partial charge in [0.2, 0.25) is 0 Å². The second-order valence-electron chi connectivity index (χ2n) is 6.29. The molecule has 2 aromatic rings. The molecule has 0 radical (unpaired) electrons. The molecule has 0 amide bonds. The highest BCUT2D eigenvalue weighted by atomic mass is 19.1. The van der Waals surface area contributed by atoms with Gasteiger partial charge < -0.3 is 4.98 Å². The standard InChI is InChI=1S/C19H21FN2/c20-15-6-7-17-18(13-21-19(17)12-15)14-8-10-22(11-9-14)16-4-2-1-3-5-16/h2,4,6-8,12-13,16,21H,1,3,5,9-11H2. The Kier molecular flexibility index (Phi) is 3.59. The van der Waals surface area contributed by atoms with Crippen LogP contribution in [-0.4, -0.2) is 29.0 Å². The fourth-order valence-electron chi connectivity index (χ4n) is 3.69. The molecular weight excluding hydrogens is 275 g/mol. The normalized spacial score (nSPS) is 23.0. The first-order valence-electron chi connectivity index (χ1n) is 8.18. The number of halogens is 1. The summed E-state index contributed by atoms with van der Waals surface area (Å²) in [7, 11) is 0. The lowest BCUT2D eigenvalue weighted by Gasteiger charge is -2.33. The van der Waals surface area contributed by atoms with Gasteiger partial charge in [-0.05, 0) is 49.5 Å². The quantitative estimate of drug-likeness (QED) is 0.808. The van der Waals surface area contributed by atoms with Crippen molar-refractivity contribution in [1.82, 2.24) is 9.88 Å². The van der Waals surface area contributed by atoms with E-state index in [1.54, 1.807) is 12.1 Å². The number of nitrogens with one attached hydrogen (secondary N) is 1. The van der Waals surface area contributed by atoms with Crippen LogP contribution in [0.3, 0.4) is 0 Å². The molecule has 1 aliphatic carbocycles. The largest absolute Gasteiger partial charge is 0.360 e. The van der Waals surface area contributed by atoms with E-state index >= 15 is 0 Å². The smallest absolute Gasteiger partial charge is 0.125 e. The number of H-pyrrole nitrogens is 1. The van der Waals surface area contributed by atoms with E-state index in [1.807, 2.05) is 12.3 Å². The molecule has 1 N–H and O–H groups in total. The van der Waals surface area contributed by atoms with Gasteiger partial charge in [0.05, 0.1) is 0 Å². The van der Waals surface area contributed by atoms with Crippen molar-refractivity contribution in [1.29, 1.82) is 0 Å². The summed E-state index contributed by atoms with van der Waals surface area (Å²) in [6.45, 7) is 2.12. The van der Waals surface area contributed by atoms with Crippen molar-refractivity contribution in [3.8, 4) is 0 Å². The van der Waals surface area contributed by atoms with Crippen LogP contribution in [0.5, 0.6) is 0 Å². The van der Waals surface area contributed by atoms with Crippen LogP contribution in [-0.2, 0) is 0 Å². The van der Waals surface area contributed by atoms with Gasteiger partial charge in [0.25, 0.3) is 0 Å². The Labute approximate surface area is 130 Å². The van der Waals surface area contributed by atoms with Gasteiger partial charge in [-0.1, -0.05) is 18.2 Å². The molecule has 4 rings (SSSR count). The third kappa shape index (κ3) is 2.50. The molecule has 2 aliphatic rings. The number of hydrogen-bond acceptors (Lipinski definition) is 1. The average molecular weight is 296 g/mol. The van der Waals surface area contributed by atoms with Gasteiger partial charge in [0.1, 0.15) is 5.82 Å². The summed E-state index contributed by atoms with van der Waals surface area (Å²) in [5.41, 5.74) is 3.50. The third-order valence-electron chi connectivity index (χ3n) is 4.93. The summed E-state index contributed by atoms with van der Waals surface area (Å²) < 4.78 is 13.3. The zero-order valence-corrected chi connectivity index (χ0v) is 12.7. The van der Waals surface area contributed by atoms with Gasteiger partial charge in [-0.2, -0.15) is 0 Å². The van der Waals surface area contributed by atoms with Crippen LogP contribution >= 0.6 is 0 Å². The van der Waals surface area contributed by atoms with E-state index in [0.29, 0.717) is 6.04 Å². The minimum Gasteiger partial charge on any atom is -0.360 e. The molecule has 114 valence electrons. The number of hydrogen-bond donors (Lipinski definition) is 1. The van der Waals surface area contributed by atoms with Gasteiger partial charge in [0.15, 0.2) is 0 Å². The molecule has 0 spiro atoms. The van der Waals surface area contributed by atoms with Gasteiger partial charge >= 0.3 is 0 Å². The number of benzene rings is 1. The molecule has 1 aromatic carbocycles. The molecule has 22 heavy (non-hydrogen) atoms. The molecule has 0 bridgehead atoms. The SMILES string of the molecule is Fc1ccc2c(C3=CCN(C4C=CCCC4)CC3)c[nH]c2c1. The Morgan fingerprint density at radius 2 is 2.23 bits per heavy atom. The molecule has 2 nitrogen and oxygen atoms in total. The highest BCUT2D eigenvalue weighted by Gasteiger charge is 2.21. The van der Waals surface area contributed by atoms with Crippen LogP contribution in [0.2, 0.25) is 0 Å². The van der Waals surface area contributed by atoms with Gasteiger partial charge in [-0.25, -0.2) is 4.39 Å². The highest BCUT2D eigenvalue weighted by Crippen LogP contribution is 2.31. The second kappa shape index (κ2) is 5.73. The van der Waals surface area contributed by atoms with Gasteiger partial charge in [-0.15, -0.1) is 0 Å². The van der Waals surface area contributed by atoms with Crippen molar-refractivity contribution in [2.24, 2.45) is 0 Å². The lowest BCUT2D eigenvalue weighted by atomic mass is 9.95. The molecule has 3 heteroatoms. The minimum atomic E-state index is -0.186. The van der Waals surface area contributed by atoms with Crippen LogP contribution in [0.25, 0.3) is 16.5 Å². The number of aromatic nitrogens is 1. The molecule has 0 fully saturated rings. The van der Waals surface area contributed by atoms with Gasteiger partial charge in [0, 0.05) is 41.8 Å². The summed E-state index contributed by atoms with van der Waals surface area (Å²) in [6, 6.07) is 5.61. The van der Waals surface area contributed by atoms with Crippen LogP contribution < -0.4 is 0 Å². The van der Waals surface area contributed by atoms with E-state index in [1.165, 1.54) is 30.4 Å². The average Bonchev–Trinajstić information content (AvgIpc) is 2.99. The lowest BCUT2D eigenvalue weighted by Crippen LogP contribution is -2.37. The first-order chi connectivity index (χ1) is 10.8. The molecule has 1 aliphatic heterocycles. The van der Waals surface area contributed by atoms with Crippen molar-refractivity contribution in [2.75, 3.05) is 13.1 Å². The Bertz CT molecular complexity index is 741. The maximum absolute atomic E-state index is 13.3. The second-order valence-corrected chi connectivity index (χ2v) is 6.29. The molecule has 0 saturated carbocycles. The minimum absolute atomic E-state index is 0.186. The van der Waals surface area contributed by atoms with Crippen molar-refractivity contribution in [2.45, 2.75) is 31.7 Å². The van der Waals surface area contributed by atoms with Crippen molar-refractivity contribution in [3.05, 3.63) is 54.0 Å². The topological polar surface area (TPSA) is 19.0 Å². The number of nitrogens with zero attached hydrogens (tertiary/aromatic N) is 1. The van der Waals surface area contributed by atoms with E-state index in [4.69, 9.17) is 0 Å². The van der Waals surface area contributed by atoms with E-state index in [9.17, 15) is 4.39 Å². The number of rotatable bonds is 2. The predicted molar refractivity (Wildman–Crippen MR) is 89.2 cm³/mol. The first-order valence-corrected chi connectivity index (χ1v) is 8.18. The monoisotopic (exact) mass is 296 g/mol. The van der Waals surface area contributed by atoms with Crippen LogP contribution in [0.1, 0.15) is 31.2 Å². The maximum atomic E-state index is 13.3. The summed E-state index contributed by atoms with van der Waals surface area (Å²) in [4.78, 5) is 5.76. The third-order valence-corrected chi connectivity index (χ3v) is 4.93. The molecule has 1 aromatic heterocycles. The highest BCUT2D eigenvalue weighted by molar-refractivity contribution is 5.92. The lowest BCUT2D eigenvalue weighted by molar-refractivity contribution is 0.235. The molecular formula is C19H21FN2. The molecule has 2 heterocycles. The van der Waals surface area contributed by atoms with Crippen molar-refractivity contribution >= 4 is 16.5 Å². The van der Waals surface area contributed by atoms with Gasteiger partial charge in [-0.3, -0.25) is 4.90 Å². The zero-order chi connectivity index (χ0) is 14.9. The Morgan fingerprint density at radius 3 is 3.00 bits per heavy atom. The molecule has 1 atom stereocenters. The van der Waals surface area contributed by atoms with Crippen molar-refractivity contribution < 1.29 is 4.39 Å². The molecule has 0 saturated heterocycles. The van der Waals surface area contributed by atoms with Crippen LogP contribution in [0.15, 0.2) is 42.6 Å². The number of aromatic amines is 1.